The maximum absolute atomic E-state index is 12.0. The van der Waals surface area contributed by atoms with Crippen LogP contribution in [0.3, 0.4) is 0 Å². The highest BCUT2D eigenvalue weighted by Crippen LogP contribution is 2.24. The zero-order valence-electron chi connectivity index (χ0n) is 11.5. The van der Waals surface area contributed by atoms with E-state index < -0.39 is 12.0 Å². The standard InChI is InChI=1S/C13H17BrN2O4/c1-4-19-13(18)16-15-12(17)10-6-5-9(14)7-11(10)20-8(2)3/h5-8H,4H2,1-3H3,(H,15,17)(H,16,18). The van der Waals surface area contributed by atoms with Crippen molar-refractivity contribution in [3.8, 4) is 5.75 Å². The van der Waals surface area contributed by atoms with Gasteiger partial charge < -0.3 is 9.47 Å². The molecule has 0 unspecified atom stereocenters. The summed E-state index contributed by atoms with van der Waals surface area (Å²) in [5.41, 5.74) is 4.73. The summed E-state index contributed by atoms with van der Waals surface area (Å²) in [6.45, 7) is 5.62. The number of carbonyl (C=O) groups excluding carboxylic acids is 2. The number of nitrogens with one attached hydrogen (secondary N) is 2. The second-order valence-corrected chi connectivity index (χ2v) is 5.02. The summed E-state index contributed by atoms with van der Waals surface area (Å²) in [5.74, 6) is -0.0567. The van der Waals surface area contributed by atoms with Crippen molar-refractivity contribution in [3.05, 3.63) is 28.2 Å². The van der Waals surface area contributed by atoms with Gasteiger partial charge in [-0.25, -0.2) is 10.2 Å². The van der Waals surface area contributed by atoms with Gasteiger partial charge in [0.2, 0.25) is 0 Å². The van der Waals surface area contributed by atoms with Crippen molar-refractivity contribution in [1.29, 1.82) is 0 Å². The summed E-state index contributed by atoms with van der Waals surface area (Å²) < 4.78 is 11.0. The number of carbonyl (C=O) groups is 2. The lowest BCUT2D eigenvalue weighted by molar-refractivity contribution is 0.0907. The quantitative estimate of drug-likeness (QED) is 0.823. The number of hydrogen-bond donors (Lipinski definition) is 2. The molecule has 0 spiro atoms. The number of ether oxygens (including phenoxy) is 2. The first-order valence-electron chi connectivity index (χ1n) is 6.13. The van der Waals surface area contributed by atoms with E-state index in [9.17, 15) is 9.59 Å². The molecule has 1 rings (SSSR count). The van der Waals surface area contributed by atoms with Crippen LogP contribution in [0.5, 0.6) is 5.75 Å². The van der Waals surface area contributed by atoms with Crippen LogP contribution in [0.25, 0.3) is 0 Å². The molecule has 0 saturated carbocycles. The average molecular weight is 345 g/mol. The molecule has 1 aromatic rings. The number of amides is 2. The van der Waals surface area contributed by atoms with Gasteiger partial charge in [-0.05, 0) is 39.0 Å². The fourth-order valence-electron chi connectivity index (χ4n) is 1.38. The fourth-order valence-corrected chi connectivity index (χ4v) is 1.72. The minimum atomic E-state index is -0.718. The highest BCUT2D eigenvalue weighted by molar-refractivity contribution is 9.10. The van der Waals surface area contributed by atoms with Gasteiger partial charge in [0.15, 0.2) is 0 Å². The Balaban J connectivity index is 2.78. The summed E-state index contributed by atoms with van der Waals surface area (Å²) in [4.78, 5) is 23.1. The maximum atomic E-state index is 12.0. The van der Waals surface area contributed by atoms with Crippen LogP contribution in [0, 0.1) is 0 Å². The van der Waals surface area contributed by atoms with Crippen molar-refractivity contribution in [2.45, 2.75) is 26.9 Å². The topological polar surface area (TPSA) is 76.7 Å². The van der Waals surface area contributed by atoms with Gasteiger partial charge in [0.1, 0.15) is 5.75 Å². The molecule has 0 aliphatic rings. The molecule has 0 saturated heterocycles. The molecule has 0 aliphatic heterocycles. The number of rotatable bonds is 4. The molecule has 7 heteroatoms. The van der Waals surface area contributed by atoms with Crippen molar-refractivity contribution in [2.24, 2.45) is 0 Å². The van der Waals surface area contributed by atoms with Gasteiger partial charge >= 0.3 is 6.09 Å². The van der Waals surface area contributed by atoms with E-state index in [0.717, 1.165) is 4.47 Å². The monoisotopic (exact) mass is 344 g/mol. The molecular formula is C13H17BrN2O4. The molecule has 0 fully saturated rings. The zero-order chi connectivity index (χ0) is 15.1. The van der Waals surface area contributed by atoms with Crippen LogP contribution in [0.1, 0.15) is 31.1 Å². The molecule has 0 bridgehead atoms. The number of hydrazine groups is 1. The van der Waals surface area contributed by atoms with Crippen molar-refractivity contribution in [3.63, 3.8) is 0 Å². The largest absolute Gasteiger partial charge is 0.490 e. The lowest BCUT2D eigenvalue weighted by Crippen LogP contribution is -2.42. The first kappa shape index (κ1) is 16.3. The summed E-state index contributed by atoms with van der Waals surface area (Å²) in [7, 11) is 0. The number of halogens is 1. The fraction of sp³-hybridized carbons (Fsp3) is 0.385. The van der Waals surface area contributed by atoms with Gasteiger partial charge in [-0.1, -0.05) is 15.9 Å². The van der Waals surface area contributed by atoms with E-state index in [1.54, 1.807) is 25.1 Å². The lowest BCUT2D eigenvalue weighted by Gasteiger charge is -2.14. The Labute approximate surface area is 125 Å². The third kappa shape index (κ3) is 5.08. The van der Waals surface area contributed by atoms with Gasteiger partial charge in [-0.3, -0.25) is 10.2 Å². The molecule has 1 aromatic carbocycles. The predicted molar refractivity (Wildman–Crippen MR) is 77.5 cm³/mol. The predicted octanol–water partition coefficient (Wildman–Crippen LogP) is 2.63. The molecule has 2 N–H and O–H groups in total. The Morgan fingerprint density at radius 1 is 1.30 bits per heavy atom. The van der Waals surface area contributed by atoms with Gasteiger partial charge in [0.25, 0.3) is 5.91 Å². The van der Waals surface area contributed by atoms with Crippen LogP contribution in [-0.2, 0) is 4.74 Å². The second-order valence-electron chi connectivity index (χ2n) is 4.11. The Hall–Kier alpha value is -1.76. The van der Waals surface area contributed by atoms with Crippen molar-refractivity contribution >= 4 is 27.9 Å². The van der Waals surface area contributed by atoms with E-state index in [1.807, 2.05) is 13.8 Å². The van der Waals surface area contributed by atoms with Crippen LogP contribution in [0.4, 0.5) is 4.79 Å². The van der Waals surface area contributed by atoms with Crippen molar-refractivity contribution < 1.29 is 19.1 Å². The van der Waals surface area contributed by atoms with Crippen LogP contribution in [0.15, 0.2) is 22.7 Å². The Morgan fingerprint density at radius 2 is 2.00 bits per heavy atom. The SMILES string of the molecule is CCOC(=O)NNC(=O)c1ccc(Br)cc1OC(C)C. The second kappa shape index (κ2) is 7.74. The Morgan fingerprint density at radius 3 is 2.60 bits per heavy atom. The molecule has 2 amide bonds. The maximum Gasteiger partial charge on any atom is 0.426 e. The van der Waals surface area contributed by atoms with E-state index in [1.165, 1.54) is 0 Å². The third-order valence-electron chi connectivity index (χ3n) is 2.10. The minimum absolute atomic E-state index is 0.0751. The molecule has 20 heavy (non-hydrogen) atoms. The molecule has 0 aliphatic carbocycles. The van der Waals surface area contributed by atoms with Crippen LogP contribution in [0.2, 0.25) is 0 Å². The Kier molecular flexibility index (Phi) is 6.30. The van der Waals surface area contributed by atoms with E-state index in [4.69, 9.17) is 4.74 Å². The summed E-state index contributed by atoms with van der Waals surface area (Å²) in [5, 5.41) is 0. The van der Waals surface area contributed by atoms with Gasteiger partial charge in [0, 0.05) is 4.47 Å². The number of benzene rings is 1. The third-order valence-corrected chi connectivity index (χ3v) is 2.60. The van der Waals surface area contributed by atoms with E-state index >= 15 is 0 Å². The van der Waals surface area contributed by atoms with Crippen LogP contribution in [-0.4, -0.2) is 24.7 Å². The van der Waals surface area contributed by atoms with E-state index in [-0.39, 0.29) is 12.7 Å². The first-order chi connectivity index (χ1) is 9.43. The highest BCUT2D eigenvalue weighted by atomic mass is 79.9. The van der Waals surface area contributed by atoms with Crippen LogP contribution < -0.4 is 15.6 Å². The normalized spacial score (nSPS) is 10.1. The summed E-state index contributed by atoms with van der Waals surface area (Å²) in [6, 6.07) is 5.01. The summed E-state index contributed by atoms with van der Waals surface area (Å²) >= 11 is 3.32. The smallest absolute Gasteiger partial charge is 0.426 e. The molecule has 110 valence electrons. The molecule has 0 aromatic heterocycles. The van der Waals surface area contributed by atoms with Gasteiger partial charge in [0.05, 0.1) is 18.3 Å². The highest BCUT2D eigenvalue weighted by Gasteiger charge is 2.15. The Bertz CT molecular complexity index is 491. The van der Waals surface area contributed by atoms with Crippen molar-refractivity contribution in [1.82, 2.24) is 10.9 Å². The van der Waals surface area contributed by atoms with Gasteiger partial charge in [-0.2, -0.15) is 0 Å². The minimum Gasteiger partial charge on any atom is -0.490 e. The molecule has 0 atom stereocenters. The molecule has 6 nitrogen and oxygen atoms in total. The van der Waals surface area contributed by atoms with Crippen LogP contribution >= 0.6 is 15.9 Å². The van der Waals surface area contributed by atoms with E-state index in [0.29, 0.717) is 11.3 Å². The molecular weight excluding hydrogens is 328 g/mol. The first-order valence-corrected chi connectivity index (χ1v) is 6.92. The van der Waals surface area contributed by atoms with E-state index in [2.05, 4.69) is 31.5 Å². The number of hydrogen-bond acceptors (Lipinski definition) is 4. The lowest BCUT2D eigenvalue weighted by atomic mass is 10.2. The van der Waals surface area contributed by atoms with Crippen molar-refractivity contribution in [2.75, 3.05) is 6.61 Å². The van der Waals surface area contributed by atoms with Gasteiger partial charge in [-0.15, -0.1) is 0 Å². The molecule has 0 heterocycles. The molecule has 0 radical (unpaired) electrons. The summed E-state index contributed by atoms with van der Waals surface area (Å²) in [6.07, 6.45) is -0.793. The average Bonchev–Trinajstić information content (AvgIpc) is 2.36. The zero-order valence-corrected chi connectivity index (χ0v) is 13.1.